The minimum absolute atomic E-state index is 0.766. The Bertz CT molecular complexity index is 2740. The minimum Gasteiger partial charge on any atom is -0.456 e. The molecule has 246 valence electrons. The molecule has 0 atom stereocenters. The SMILES string of the molecule is c1ccc(-c2cccc(N(c3ccc4c(c3)Oc3ccccc3N4c3ccc4c(c3)oc3ccccc34)c3ccccc3-c3ccccc3)c2)cc1. The number of benzene rings is 8. The first-order valence-electron chi connectivity index (χ1n) is 17.5. The summed E-state index contributed by atoms with van der Waals surface area (Å²) < 4.78 is 13.1. The number of furan rings is 1. The molecule has 0 aliphatic carbocycles. The highest BCUT2D eigenvalue weighted by atomic mass is 16.5. The van der Waals surface area contributed by atoms with Gasteiger partial charge in [0.25, 0.3) is 0 Å². The molecule has 0 saturated carbocycles. The quantitative estimate of drug-likeness (QED) is 0.176. The summed E-state index contributed by atoms with van der Waals surface area (Å²) in [5.74, 6) is 1.56. The molecule has 0 unspecified atom stereocenters. The van der Waals surface area contributed by atoms with Gasteiger partial charge in [-0.15, -0.1) is 0 Å². The van der Waals surface area contributed by atoms with Crippen molar-refractivity contribution in [2.75, 3.05) is 9.80 Å². The first-order valence-corrected chi connectivity index (χ1v) is 17.5. The van der Waals surface area contributed by atoms with Crippen molar-refractivity contribution >= 4 is 56.1 Å². The van der Waals surface area contributed by atoms with Crippen molar-refractivity contribution in [3.05, 3.63) is 194 Å². The van der Waals surface area contributed by atoms with E-state index in [0.717, 1.165) is 84.3 Å². The van der Waals surface area contributed by atoms with Crippen LogP contribution in [0.5, 0.6) is 11.5 Å². The van der Waals surface area contributed by atoms with E-state index in [1.165, 1.54) is 5.56 Å². The molecule has 1 aliphatic rings. The predicted molar refractivity (Wildman–Crippen MR) is 214 cm³/mol. The highest BCUT2D eigenvalue weighted by molar-refractivity contribution is 6.06. The van der Waals surface area contributed by atoms with Gasteiger partial charge in [-0.2, -0.15) is 0 Å². The van der Waals surface area contributed by atoms with Crippen molar-refractivity contribution in [1.82, 2.24) is 0 Å². The molecule has 1 aromatic heterocycles. The summed E-state index contributed by atoms with van der Waals surface area (Å²) >= 11 is 0. The number of fused-ring (bicyclic) bond motifs is 5. The van der Waals surface area contributed by atoms with Gasteiger partial charge >= 0.3 is 0 Å². The number of anilines is 6. The van der Waals surface area contributed by atoms with E-state index in [1.807, 2.05) is 24.3 Å². The number of rotatable bonds is 6. The third-order valence-electron chi connectivity index (χ3n) is 9.83. The van der Waals surface area contributed by atoms with Crippen LogP contribution in [0.25, 0.3) is 44.2 Å². The second-order valence-corrected chi connectivity index (χ2v) is 13.0. The first kappa shape index (κ1) is 29.8. The Hall–Kier alpha value is -7.04. The van der Waals surface area contributed by atoms with Crippen LogP contribution in [0.4, 0.5) is 34.1 Å². The first-order chi connectivity index (χ1) is 25.8. The van der Waals surface area contributed by atoms with Crippen LogP contribution in [0.3, 0.4) is 0 Å². The summed E-state index contributed by atoms with van der Waals surface area (Å²) in [5.41, 5.74) is 12.4. The van der Waals surface area contributed by atoms with Crippen LogP contribution >= 0.6 is 0 Å². The molecular formula is C48H32N2O2. The summed E-state index contributed by atoms with van der Waals surface area (Å²) in [6.07, 6.45) is 0. The van der Waals surface area contributed by atoms with Crippen LogP contribution in [0.2, 0.25) is 0 Å². The van der Waals surface area contributed by atoms with E-state index >= 15 is 0 Å². The lowest BCUT2D eigenvalue weighted by atomic mass is 10.0. The third kappa shape index (κ3) is 5.09. The zero-order chi connectivity index (χ0) is 34.4. The normalized spacial score (nSPS) is 12.0. The van der Waals surface area contributed by atoms with Gasteiger partial charge in [-0.05, 0) is 77.4 Å². The smallest absolute Gasteiger partial charge is 0.153 e. The Kier molecular flexibility index (Phi) is 7.10. The second-order valence-electron chi connectivity index (χ2n) is 13.0. The maximum atomic E-state index is 6.74. The summed E-state index contributed by atoms with van der Waals surface area (Å²) in [7, 11) is 0. The van der Waals surface area contributed by atoms with Crippen molar-refractivity contribution in [2.24, 2.45) is 0 Å². The third-order valence-corrected chi connectivity index (χ3v) is 9.83. The van der Waals surface area contributed by atoms with Gasteiger partial charge in [0.15, 0.2) is 11.5 Å². The monoisotopic (exact) mass is 668 g/mol. The molecule has 0 saturated heterocycles. The number of ether oxygens (including phenoxy) is 1. The molecule has 4 nitrogen and oxygen atoms in total. The van der Waals surface area contributed by atoms with E-state index in [2.05, 4.69) is 180 Å². The van der Waals surface area contributed by atoms with E-state index in [0.29, 0.717) is 0 Å². The van der Waals surface area contributed by atoms with Gasteiger partial charge in [0.05, 0.1) is 28.4 Å². The number of hydrogen-bond donors (Lipinski definition) is 0. The topological polar surface area (TPSA) is 28.9 Å². The average molecular weight is 669 g/mol. The fraction of sp³-hybridized carbons (Fsp3) is 0. The molecule has 0 N–H and O–H groups in total. The van der Waals surface area contributed by atoms with Gasteiger partial charge in [0.1, 0.15) is 11.2 Å². The van der Waals surface area contributed by atoms with E-state index in [1.54, 1.807) is 0 Å². The van der Waals surface area contributed by atoms with Crippen molar-refractivity contribution < 1.29 is 9.15 Å². The molecular weight excluding hydrogens is 637 g/mol. The molecule has 0 bridgehead atoms. The molecule has 9 aromatic rings. The maximum Gasteiger partial charge on any atom is 0.153 e. The van der Waals surface area contributed by atoms with Crippen LogP contribution in [0.15, 0.2) is 199 Å². The summed E-state index contributed by atoms with van der Waals surface area (Å²) in [6.45, 7) is 0. The number of nitrogens with zero attached hydrogens (tertiary/aromatic N) is 2. The van der Waals surface area contributed by atoms with Crippen molar-refractivity contribution in [3.63, 3.8) is 0 Å². The second kappa shape index (κ2) is 12.4. The summed E-state index contributed by atoms with van der Waals surface area (Å²) in [5, 5.41) is 2.21. The lowest BCUT2D eigenvalue weighted by Gasteiger charge is -2.34. The highest BCUT2D eigenvalue weighted by Crippen LogP contribution is 2.53. The van der Waals surface area contributed by atoms with Crippen LogP contribution in [-0.2, 0) is 0 Å². The van der Waals surface area contributed by atoms with Crippen molar-refractivity contribution in [1.29, 1.82) is 0 Å². The zero-order valence-corrected chi connectivity index (χ0v) is 28.2. The van der Waals surface area contributed by atoms with Crippen molar-refractivity contribution in [3.8, 4) is 33.8 Å². The van der Waals surface area contributed by atoms with E-state index in [9.17, 15) is 0 Å². The van der Waals surface area contributed by atoms with Gasteiger partial charge in [-0.1, -0.05) is 121 Å². The average Bonchev–Trinajstić information content (AvgIpc) is 3.59. The Morgan fingerprint density at radius 3 is 1.96 bits per heavy atom. The Morgan fingerprint density at radius 1 is 0.404 bits per heavy atom. The van der Waals surface area contributed by atoms with E-state index < -0.39 is 0 Å². The summed E-state index contributed by atoms with van der Waals surface area (Å²) in [6, 6.07) is 67.8. The fourth-order valence-corrected chi connectivity index (χ4v) is 7.43. The fourth-order valence-electron chi connectivity index (χ4n) is 7.43. The Balaban J connectivity index is 1.15. The number of para-hydroxylation sites is 4. The molecule has 52 heavy (non-hydrogen) atoms. The van der Waals surface area contributed by atoms with E-state index in [4.69, 9.17) is 9.15 Å². The highest BCUT2D eigenvalue weighted by Gasteiger charge is 2.28. The minimum atomic E-state index is 0.766. The molecule has 0 radical (unpaired) electrons. The van der Waals surface area contributed by atoms with Gasteiger partial charge in [0, 0.05) is 34.2 Å². The molecule has 0 amide bonds. The predicted octanol–water partition coefficient (Wildman–Crippen LogP) is 14.0. The van der Waals surface area contributed by atoms with Crippen molar-refractivity contribution in [2.45, 2.75) is 0 Å². The largest absolute Gasteiger partial charge is 0.456 e. The van der Waals surface area contributed by atoms with Crippen LogP contribution in [0, 0.1) is 0 Å². The maximum absolute atomic E-state index is 6.74. The van der Waals surface area contributed by atoms with Crippen LogP contribution in [0.1, 0.15) is 0 Å². The van der Waals surface area contributed by atoms with Crippen LogP contribution < -0.4 is 14.5 Å². The standard InChI is InChI=1S/C48H32N2O2/c1-3-14-33(15-4-1)35-18-13-19-36(30-35)49(42-22-9-7-20-39(42)34-16-5-2-6-17-34)37-27-29-44-48(32-37)52-46-25-12-10-23-43(46)50(44)38-26-28-41-40-21-8-11-24-45(40)51-47(41)31-38/h1-32H. The lowest BCUT2D eigenvalue weighted by molar-refractivity contribution is 0.477. The molecule has 2 heterocycles. The van der Waals surface area contributed by atoms with Gasteiger partial charge in [-0.3, -0.25) is 0 Å². The molecule has 8 aromatic carbocycles. The molecule has 4 heteroatoms. The van der Waals surface area contributed by atoms with E-state index in [-0.39, 0.29) is 0 Å². The lowest BCUT2D eigenvalue weighted by Crippen LogP contribution is -2.17. The molecule has 0 spiro atoms. The Labute approximate surface area is 302 Å². The Morgan fingerprint density at radius 2 is 1.08 bits per heavy atom. The van der Waals surface area contributed by atoms with Gasteiger partial charge in [0.2, 0.25) is 0 Å². The zero-order valence-electron chi connectivity index (χ0n) is 28.2. The summed E-state index contributed by atoms with van der Waals surface area (Å²) in [4.78, 5) is 4.60. The number of hydrogen-bond acceptors (Lipinski definition) is 4. The molecule has 10 rings (SSSR count). The molecule has 0 fully saturated rings. The van der Waals surface area contributed by atoms with Crippen LogP contribution in [-0.4, -0.2) is 0 Å². The van der Waals surface area contributed by atoms with Gasteiger partial charge in [-0.25, -0.2) is 0 Å². The van der Waals surface area contributed by atoms with Gasteiger partial charge < -0.3 is 19.0 Å². The molecule has 1 aliphatic heterocycles.